The Kier molecular flexibility index (Phi) is 4.56. The quantitative estimate of drug-likeness (QED) is 0.323. The van der Waals surface area contributed by atoms with Gasteiger partial charge in [-0.1, -0.05) is 0 Å². The van der Waals surface area contributed by atoms with E-state index in [1.54, 1.807) is 0 Å². The maximum atomic E-state index is 10.1. The van der Waals surface area contributed by atoms with Crippen LogP contribution in [-0.4, -0.2) is 17.9 Å². The lowest BCUT2D eigenvalue weighted by atomic mass is 10.2. The Labute approximate surface area is 52.8 Å². The first-order valence-corrected chi connectivity index (χ1v) is 2.88. The van der Waals surface area contributed by atoms with E-state index < -0.39 is 0 Å². The van der Waals surface area contributed by atoms with Gasteiger partial charge in [0, 0.05) is 12.3 Å². The van der Waals surface area contributed by atoms with Crippen LogP contribution in [-0.2, 0) is 9.59 Å². The van der Waals surface area contributed by atoms with E-state index in [0.717, 1.165) is 0 Å². The van der Waals surface area contributed by atoms with Crippen molar-refractivity contribution >= 4 is 23.7 Å². The molecule has 0 N–H and O–H groups in total. The molecule has 0 aromatic heterocycles. The van der Waals surface area contributed by atoms with Gasteiger partial charge in [0.05, 0.1) is 0 Å². The molecule has 0 aliphatic carbocycles. The molecule has 0 aliphatic rings. The van der Waals surface area contributed by atoms with Gasteiger partial charge < -0.3 is 0 Å². The van der Waals surface area contributed by atoms with Crippen molar-refractivity contribution in [2.24, 2.45) is 0 Å². The molecule has 0 radical (unpaired) electrons. The van der Waals surface area contributed by atoms with Crippen LogP contribution in [0.25, 0.3) is 0 Å². The van der Waals surface area contributed by atoms with E-state index in [1.807, 2.05) is 0 Å². The molecule has 0 fully saturated rings. The van der Waals surface area contributed by atoms with Gasteiger partial charge in [-0.2, -0.15) is 0 Å². The van der Waals surface area contributed by atoms with Crippen LogP contribution in [0.15, 0.2) is 0 Å². The molecule has 0 amide bonds. The molecule has 0 aromatic rings. The normalized spacial score (nSPS) is 8.62. The monoisotopic (exact) mass is 134 g/mol. The molecule has 0 bridgehead atoms. The smallest absolute Gasteiger partial charge is 0.195 e. The lowest BCUT2D eigenvalue weighted by Gasteiger charge is -1.84. The fourth-order valence-electron chi connectivity index (χ4n) is 0.300. The van der Waals surface area contributed by atoms with Gasteiger partial charge in [0.1, 0.15) is 0 Å². The Morgan fingerprint density at radius 2 is 2.25 bits per heavy atom. The molecule has 0 atom stereocenters. The van der Waals surface area contributed by atoms with Crippen molar-refractivity contribution in [2.45, 2.75) is 12.8 Å². The molecule has 46 valence electrons. The van der Waals surface area contributed by atoms with E-state index in [9.17, 15) is 9.59 Å². The molecule has 0 rings (SSSR count). The minimum Gasteiger partial charge on any atom is -0.295 e. The number of hydrogen-bond donors (Lipinski definition) is 0. The third-order valence-electron chi connectivity index (χ3n) is 0.688. The Balaban J connectivity index is 3.11. The number of carbonyl (C=O) groups excluding carboxylic acids is 2. The van der Waals surface area contributed by atoms with Crippen LogP contribution in [0.2, 0.25) is 0 Å². The minimum atomic E-state index is -0.370. The molecule has 0 spiro atoms. The summed E-state index contributed by atoms with van der Waals surface area (Å²) in [5, 5.41) is 0. The second-order valence-electron chi connectivity index (χ2n) is 1.38. The zero-order valence-electron chi connectivity index (χ0n) is 4.39. The van der Waals surface area contributed by atoms with Crippen LogP contribution in [0.4, 0.5) is 0 Å². The van der Waals surface area contributed by atoms with Crippen molar-refractivity contribution in [1.29, 1.82) is 0 Å². The first-order valence-electron chi connectivity index (χ1n) is 2.35. The summed E-state index contributed by atoms with van der Waals surface area (Å²) in [6, 6.07) is 0. The van der Waals surface area contributed by atoms with Crippen LogP contribution in [0.3, 0.4) is 0 Å². The highest BCUT2D eigenvalue weighted by atomic mass is 35.5. The number of halogens is 1. The molecule has 0 saturated heterocycles. The first kappa shape index (κ1) is 7.63. The van der Waals surface area contributed by atoms with Crippen LogP contribution in [0.5, 0.6) is 0 Å². The van der Waals surface area contributed by atoms with Gasteiger partial charge in [-0.3, -0.25) is 9.59 Å². The Morgan fingerprint density at radius 3 is 2.62 bits per heavy atom. The van der Waals surface area contributed by atoms with Gasteiger partial charge in [0.25, 0.3) is 0 Å². The molecular weight excluding hydrogens is 128 g/mol. The standard InChI is InChI=1S/C5H7ClO2/c6-3-1-2-5(8)4-7/h4H,1-3H2. The van der Waals surface area contributed by atoms with Crippen LogP contribution in [0, 0.1) is 0 Å². The molecule has 0 aromatic carbocycles. The molecule has 0 aliphatic heterocycles. The Morgan fingerprint density at radius 1 is 1.62 bits per heavy atom. The summed E-state index contributed by atoms with van der Waals surface area (Å²) in [7, 11) is 0. The van der Waals surface area contributed by atoms with E-state index in [0.29, 0.717) is 18.6 Å². The average molecular weight is 135 g/mol. The SMILES string of the molecule is O=CC(=O)CCCCl. The molecule has 0 heterocycles. The van der Waals surface area contributed by atoms with Gasteiger partial charge in [0.2, 0.25) is 0 Å². The molecule has 0 saturated carbocycles. The van der Waals surface area contributed by atoms with E-state index in [4.69, 9.17) is 11.6 Å². The predicted octanol–water partition coefficient (Wildman–Crippen LogP) is 0.773. The van der Waals surface area contributed by atoms with Gasteiger partial charge in [-0.05, 0) is 6.42 Å². The van der Waals surface area contributed by atoms with Crippen molar-refractivity contribution in [3.05, 3.63) is 0 Å². The summed E-state index contributed by atoms with van der Waals surface area (Å²) in [6.07, 6.45) is 1.21. The van der Waals surface area contributed by atoms with E-state index in [1.165, 1.54) is 0 Å². The maximum absolute atomic E-state index is 10.1. The van der Waals surface area contributed by atoms with Crippen molar-refractivity contribution in [1.82, 2.24) is 0 Å². The maximum Gasteiger partial charge on any atom is 0.195 e. The second kappa shape index (κ2) is 4.78. The summed E-state index contributed by atoms with van der Waals surface area (Å²) in [6.45, 7) is 0. The lowest BCUT2D eigenvalue weighted by Crippen LogP contribution is -1.97. The summed E-state index contributed by atoms with van der Waals surface area (Å²) >= 11 is 5.23. The predicted molar refractivity (Wildman–Crippen MR) is 31.0 cm³/mol. The van der Waals surface area contributed by atoms with E-state index in [-0.39, 0.29) is 12.2 Å². The lowest BCUT2D eigenvalue weighted by molar-refractivity contribution is -0.129. The summed E-state index contributed by atoms with van der Waals surface area (Å²) in [4.78, 5) is 19.8. The minimum absolute atomic E-state index is 0.285. The highest BCUT2D eigenvalue weighted by Crippen LogP contribution is 1.90. The van der Waals surface area contributed by atoms with Crippen molar-refractivity contribution in [3.63, 3.8) is 0 Å². The van der Waals surface area contributed by atoms with Crippen LogP contribution >= 0.6 is 11.6 Å². The van der Waals surface area contributed by atoms with Crippen molar-refractivity contribution in [2.75, 3.05) is 5.88 Å². The number of rotatable bonds is 4. The van der Waals surface area contributed by atoms with Gasteiger partial charge in [0.15, 0.2) is 12.1 Å². The van der Waals surface area contributed by atoms with Crippen LogP contribution < -0.4 is 0 Å². The molecule has 2 nitrogen and oxygen atoms in total. The van der Waals surface area contributed by atoms with Crippen molar-refractivity contribution < 1.29 is 9.59 Å². The number of Topliss-reactive ketones (excluding diaryl/α,β-unsaturated/α-hetero) is 1. The van der Waals surface area contributed by atoms with Gasteiger partial charge >= 0.3 is 0 Å². The van der Waals surface area contributed by atoms with E-state index >= 15 is 0 Å². The second-order valence-corrected chi connectivity index (χ2v) is 1.75. The average Bonchev–Trinajstić information content (AvgIpc) is 1.83. The Bertz CT molecular complexity index is 90.4. The third kappa shape index (κ3) is 3.81. The summed E-state index contributed by atoms with van der Waals surface area (Å²) in [5.74, 6) is 0.0743. The highest BCUT2D eigenvalue weighted by molar-refractivity contribution is 6.25. The fourth-order valence-corrected chi connectivity index (χ4v) is 0.434. The largest absolute Gasteiger partial charge is 0.295 e. The highest BCUT2D eigenvalue weighted by Gasteiger charge is 1.95. The molecular formula is C5H7ClO2. The fraction of sp³-hybridized carbons (Fsp3) is 0.600. The van der Waals surface area contributed by atoms with E-state index in [2.05, 4.69) is 0 Å². The summed E-state index contributed by atoms with van der Waals surface area (Å²) in [5.41, 5.74) is 0. The first-order chi connectivity index (χ1) is 3.81. The molecule has 0 unspecified atom stereocenters. The van der Waals surface area contributed by atoms with Gasteiger partial charge in [-0.25, -0.2) is 0 Å². The number of alkyl halides is 1. The number of carbonyl (C=O) groups is 2. The zero-order chi connectivity index (χ0) is 6.41. The number of aldehydes is 1. The summed E-state index contributed by atoms with van der Waals surface area (Å²) < 4.78 is 0. The van der Waals surface area contributed by atoms with Crippen molar-refractivity contribution in [3.8, 4) is 0 Å². The Hall–Kier alpha value is -0.370. The topological polar surface area (TPSA) is 34.1 Å². The zero-order valence-corrected chi connectivity index (χ0v) is 5.15. The number of ketones is 1. The third-order valence-corrected chi connectivity index (χ3v) is 0.956. The van der Waals surface area contributed by atoms with Gasteiger partial charge in [-0.15, -0.1) is 11.6 Å². The number of hydrogen-bond acceptors (Lipinski definition) is 2. The molecule has 3 heteroatoms. The molecule has 8 heavy (non-hydrogen) atoms. The van der Waals surface area contributed by atoms with Crippen LogP contribution in [0.1, 0.15) is 12.8 Å².